The van der Waals surface area contributed by atoms with Crippen molar-refractivity contribution in [2.75, 3.05) is 13.3 Å². The Morgan fingerprint density at radius 3 is 2.83 bits per heavy atom. The number of esters is 1. The predicted molar refractivity (Wildman–Crippen MR) is 60.3 cm³/mol. The third-order valence-corrected chi connectivity index (χ3v) is 2.61. The van der Waals surface area contributed by atoms with Crippen LogP contribution >= 0.6 is 0 Å². The second kappa shape index (κ2) is 5.50. The monoisotopic (exact) mass is 251 g/mol. The number of benzene rings is 1. The van der Waals surface area contributed by atoms with Crippen LogP contribution in [0.5, 0.6) is 0 Å². The second-order valence-electron chi connectivity index (χ2n) is 3.80. The molecule has 1 atom stereocenters. The Balaban J connectivity index is 1.90. The van der Waals surface area contributed by atoms with Gasteiger partial charge in [0.1, 0.15) is 6.61 Å². The van der Waals surface area contributed by atoms with E-state index in [1.165, 1.54) is 0 Å². The molecule has 0 bridgehead atoms. The van der Waals surface area contributed by atoms with Crippen molar-refractivity contribution in [3.63, 3.8) is 0 Å². The number of carbonyl (C=O) groups is 2. The predicted octanol–water partition coefficient (Wildman–Crippen LogP) is 0.500. The van der Waals surface area contributed by atoms with E-state index in [0.29, 0.717) is 0 Å². The Bertz CT molecular complexity index is 433. The fourth-order valence-corrected chi connectivity index (χ4v) is 1.60. The number of hydrogen-bond donors (Lipinski definition) is 1. The number of hydrogen-bond acceptors (Lipinski definition) is 5. The molecular weight excluding hydrogens is 238 g/mol. The molecule has 2 rings (SSSR count). The first-order valence-corrected chi connectivity index (χ1v) is 5.47. The zero-order valence-corrected chi connectivity index (χ0v) is 9.61. The maximum atomic E-state index is 11.7. The van der Waals surface area contributed by atoms with Gasteiger partial charge in [-0.25, -0.2) is 9.59 Å². The van der Waals surface area contributed by atoms with E-state index in [2.05, 4.69) is 4.74 Å². The maximum absolute atomic E-state index is 11.7. The average Bonchev–Trinajstić information content (AvgIpc) is 2.78. The fraction of sp³-hybridized carbons (Fsp3) is 0.333. The molecule has 18 heavy (non-hydrogen) atoms. The SMILES string of the molecule is O=C1OCN(C(=O)OCc2ccccc2)C1CO. The second-order valence-corrected chi connectivity index (χ2v) is 3.80. The van der Waals surface area contributed by atoms with Crippen molar-refractivity contribution in [3.8, 4) is 0 Å². The molecule has 1 heterocycles. The van der Waals surface area contributed by atoms with Gasteiger partial charge in [-0.1, -0.05) is 30.3 Å². The molecule has 1 aromatic rings. The lowest BCUT2D eigenvalue weighted by Crippen LogP contribution is -2.40. The van der Waals surface area contributed by atoms with Crippen molar-refractivity contribution in [1.82, 2.24) is 4.90 Å². The third-order valence-electron chi connectivity index (χ3n) is 2.61. The van der Waals surface area contributed by atoms with E-state index >= 15 is 0 Å². The first kappa shape index (κ1) is 12.4. The Labute approximate surface area is 104 Å². The van der Waals surface area contributed by atoms with Crippen molar-refractivity contribution in [1.29, 1.82) is 0 Å². The quantitative estimate of drug-likeness (QED) is 0.792. The molecular formula is C12H13NO5. The van der Waals surface area contributed by atoms with Crippen LogP contribution in [-0.4, -0.2) is 41.4 Å². The summed E-state index contributed by atoms with van der Waals surface area (Å²) in [5, 5.41) is 8.99. The highest BCUT2D eigenvalue weighted by Crippen LogP contribution is 2.13. The maximum Gasteiger partial charge on any atom is 0.413 e. The molecule has 6 nitrogen and oxygen atoms in total. The lowest BCUT2D eigenvalue weighted by Gasteiger charge is -2.17. The number of rotatable bonds is 3. The van der Waals surface area contributed by atoms with Gasteiger partial charge in [-0.2, -0.15) is 0 Å². The first-order valence-electron chi connectivity index (χ1n) is 5.47. The van der Waals surface area contributed by atoms with E-state index in [-0.39, 0.29) is 13.3 Å². The number of aliphatic hydroxyl groups is 1. The molecule has 96 valence electrons. The van der Waals surface area contributed by atoms with Gasteiger partial charge in [0.15, 0.2) is 12.8 Å². The number of nitrogens with zero attached hydrogens (tertiary/aromatic N) is 1. The van der Waals surface area contributed by atoms with E-state index in [0.717, 1.165) is 10.5 Å². The van der Waals surface area contributed by atoms with Crippen LogP contribution in [0.25, 0.3) is 0 Å². The summed E-state index contributed by atoms with van der Waals surface area (Å²) in [7, 11) is 0. The van der Waals surface area contributed by atoms with Crippen LogP contribution in [0.1, 0.15) is 5.56 Å². The van der Waals surface area contributed by atoms with E-state index in [9.17, 15) is 9.59 Å². The lowest BCUT2D eigenvalue weighted by molar-refractivity contribution is -0.139. The van der Waals surface area contributed by atoms with E-state index in [4.69, 9.17) is 9.84 Å². The van der Waals surface area contributed by atoms with Crippen LogP contribution in [0.4, 0.5) is 4.79 Å². The summed E-state index contributed by atoms with van der Waals surface area (Å²) in [5.41, 5.74) is 0.845. The number of carbonyl (C=O) groups excluding carboxylic acids is 2. The van der Waals surface area contributed by atoms with Crippen molar-refractivity contribution in [2.24, 2.45) is 0 Å². The van der Waals surface area contributed by atoms with Gasteiger partial charge in [0, 0.05) is 0 Å². The topological polar surface area (TPSA) is 76.1 Å². The van der Waals surface area contributed by atoms with Crippen LogP contribution in [0.2, 0.25) is 0 Å². The van der Waals surface area contributed by atoms with Crippen LogP contribution in [-0.2, 0) is 20.9 Å². The number of aliphatic hydroxyl groups excluding tert-OH is 1. The minimum absolute atomic E-state index is 0.114. The minimum atomic E-state index is -0.965. The van der Waals surface area contributed by atoms with Crippen LogP contribution in [0.3, 0.4) is 0 Å². The molecule has 0 radical (unpaired) electrons. The number of ether oxygens (including phenoxy) is 2. The molecule has 0 aliphatic carbocycles. The van der Waals surface area contributed by atoms with Gasteiger partial charge in [-0.15, -0.1) is 0 Å². The molecule has 0 aromatic heterocycles. The minimum Gasteiger partial charge on any atom is -0.444 e. The summed E-state index contributed by atoms with van der Waals surface area (Å²) in [6.07, 6.45) is -0.677. The van der Waals surface area contributed by atoms with Gasteiger partial charge in [0.05, 0.1) is 6.61 Å². The van der Waals surface area contributed by atoms with Crippen LogP contribution < -0.4 is 0 Å². The number of amides is 1. The number of cyclic esters (lactones) is 1. The summed E-state index contributed by atoms with van der Waals surface area (Å²) in [6, 6.07) is 8.21. The fourth-order valence-electron chi connectivity index (χ4n) is 1.60. The molecule has 1 aliphatic rings. The van der Waals surface area contributed by atoms with Crippen molar-refractivity contribution >= 4 is 12.1 Å². The Morgan fingerprint density at radius 1 is 1.44 bits per heavy atom. The summed E-state index contributed by atoms with van der Waals surface area (Å²) in [6.45, 7) is -0.542. The Morgan fingerprint density at radius 2 is 2.17 bits per heavy atom. The molecule has 1 aliphatic heterocycles. The molecule has 1 aromatic carbocycles. The molecule has 6 heteroatoms. The molecule has 1 fully saturated rings. The highest BCUT2D eigenvalue weighted by Gasteiger charge is 2.38. The Hall–Kier alpha value is -2.08. The molecule has 1 N–H and O–H groups in total. The van der Waals surface area contributed by atoms with Crippen LogP contribution in [0.15, 0.2) is 30.3 Å². The van der Waals surface area contributed by atoms with Crippen molar-refractivity contribution in [3.05, 3.63) is 35.9 Å². The van der Waals surface area contributed by atoms with Crippen LogP contribution in [0, 0.1) is 0 Å². The molecule has 1 unspecified atom stereocenters. The van der Waals surface area contributed by atoms with E-state index in [1.807, 2.05) is 30.3 Å². The van der Waals surface area contributed by atoms with Crippen molar-refractivity contribution in [2.45, 2.75) is 12.6 Å². The van der Waals surface area contributed by atoms with Gasteiger partial charge >= 0.3 is 12.1 Å². The van der Waals surface area contributed by atoms with Gasteiger partial charge in [-0.05, 0) is 5.56 Å². The van der Waals surface area contributed by atoms with Crippen molar-refractivity contribution < 1.29 is 24.2 Å². The molecule has 0 spiro atoms. The average molecular weight is 251 g/mol. The first-order chi connectivity index (χ1) is 8.72. The highest BCUT2D eigenvalue weighted by molar-refractivity contribution is 5.83. The smallest absolute Gasteiger partial charge is 0.413 e. The standard InChI is InChI=1S/C12H13NO5/c14-6-10-11(15)18-8-13(10)12(16)17-7-9-4-2-1-3-5-9/h1-5,10,14H,6-8H2. The normalized spacial score (nSPS) is 18.6. The van der Waals surface area contributed by atoms with E-state index in [1.54, 1.807) is 0 Å². The summed E-state index contributed by atoms with van der Waals surface area (Å²) < 4.78 is 9.70. The highest BCUT2D eigenvalue weighted by atomic mass is 16.6. The summed E-state index contributed by atoms with van der Waals surface area (Å²) in [5.74, 6) is -0.617. The molecule has 1 amide bonds. The van der Waals surface area contributed by atoms with Gasteiger partial charge in [0.25, 0.3) is 0 Å². The van der Waals surface area contributed by atoms with Gasteiger partial charge < -0.3 is 14.6 Å². The Kier molecular flexibility index (Phi) is 3.78. The zero-order valence-electron chi connectivity index (χ0n) is 9.61. The summed E-state index contributed by atoms with van der Waals surface area (Å²) in [4.78, 5) is 23.9. The third kappa shape index (κ3) is 2.60. The zero-order chi connectivity index (χ0) is 13.0. The van der Waals surface area contributed by atoms with E-state index < -0.39 is 24.7 Å². The van der Waals surface area contributed by atoms with Gasteiger partial charge in [-0.3, -0.25) is 4.90 Å². The summed E-state index contributed by atoms with van der Waals surface area (Å²) >= 11 is 0. The lowest BCUT2D eigenvalue weighted by atomic mass is 10.2. The van der Waals surface area contributed by atoms with Gasteiger partial charge in [0.2, 0.25) is 0 Å². The molecule has 1 saturated heterocycles. The molecule has 0 saturated carbocycles. The largest absolute Gasteiger partial charge is 0.444 e.